The van der Waals surface area contributed by atoms with Crippen molar-refractivity contribution in [3.8, 4) is 0 Å². The summed E-state index contributed by atoms with van der Waals surface area (Å²) in [6.07, 6.45) is 0.238. The summed E-state index contributed by atoms with van der Waals surface area (Å²) >= 11 is 0. The molecule has 2 aliphatic heterocycles. The second kappa shape index (κ2) is 5.20. The zero-order chi connectivity index (χ0) is 14.2. The van der Waals surface area contributed by atoms with Crippen molar-refractivity contribution in [2.75, 3.05) is 6.61 Å². The van der Waals surface area contributed by atoms with Gasteiger partial charge in [-0.15, -0.1) is 6.58 Å². The Morgan fingerprint density at radius 1 is 1.42 bits per heavy atom. The minimum atomic E-state index is -0.721. The van der Waals surface area contributed by atoms with E-state index in [0.717, 1.165) is 0 Å². The number of hydrogen-bond acceptors (Lipinski definition) is 6. The smallest absolute Gasteiger partial charge is 0.302 e. The number of nitrogens with two attached hydrogens (primary N) is 1. The average Bonchev–Trinajstić information content (AvgIpc) is 2.64. The van der Waals surface area contributed by atoms with Crippen molar-refractivity contribution < 1.29 is 23.7 Å². The van der Waals surface area contributed by atoms with E-state index in [-0.39, 0.29) is 36.9 Å². The second-order valence-corrected chi connectivity index (χ2v) is 5.32. The molecule has 2 aliphatic rings. The lowest BCUT2D eigenvalue weighted by atomic mass is 9.93. The summed E-state index contributed by atoms with van der Waals surface area (Å²) in [5.74, 6) is -1.08. The molecule has 0 aromatic rings. The highest BCUT2D eigenvalue weighted by atomic mass is 16.8. The van der Waals surface area contributed by atoms with E-state index < -0.39 is 11.9 Å². The van der Waals surface area contributed by atoms with Crippen molar-refractivity contribution in [2.45, 2.75) is 57.0 Å². The van der Waals surface area contributed by atoms with Crippen LogP contribution in [0.5, 0.6) is 0 Å². The molecule has 2 heterocycles. The predicted molar refractivity (Wildman–Crippen MR) is 67.3 cm³/mol. The Hall–Kier alpha value is -0.950. The van der Waals surface area contributed by atoms with E-state index in [9.17, 15) is 4.79 Å². The monoisotopic (exact) mass is 271 g/mol. The van der Waals surface area contributed by atoms with Crippen molar-refractivity contribution >= 4 is 5.97 Å². The zero-order valence-corrected chi connectivity index (χ0v) is 11.5. The standard InChI is InChI=1S/C13H21NO5/c1-5-8-10(14)12-11(18-13(3,4)19-12)9(17-8)6-16-7(2)15/h5,8-12H,1,6,14H2,2-4H3/t8-,9?,10+,11+,12-/m1/s1. The van der Waals surface area contributed by atoms with Crippen LogP contribution in [0, 0.1) is 0 Å². The first kappa shape index (κ1) is 14.5. The fraction of sp³-hybridized carbons (Fsp3) is 0.769. The predicted octanol–water partition coefficient (Wildman–Crippen LogP) is 0.350. The quantitative estimate of drug-likeness (QED) is 0.589. The molecule has 1 unspecified atom stereocenters. The Bertz CT molecular complexity index is 370. The summed E-state index contributed by atoms with van der Waals surface area (Å²) in [5.41, 5.74) is 6.10. The minimum absolute atomic E-state index is 0.118. The first-order valence-electron chi connectivity index (χ1n) is 6.36. The van der Waals surface area contributed by atoms with Crippen molar-refractivity contribution in [3.63, 3.8) is 0 Å². The number of ether oxygens (including phenoxy) is 4. The van der Waals surface area contributed by atoms with Crippen LogP contribution in [0.1, 0.15) is 20.8 Å². The molecule has 6 heteroatoms. The van der Waals surface area contributed by atoms with Gasteiger partial charge in [-0.1, -0.05) is 6.08 Å². The molecular weight excluding hydrogens is 250 g/mol. The molecule has 6 nitrogen and oxygen atoms in total. The van der Waals surface area contributed by atoms with Gasteiger partial charge in [0.15, 0.2) is 5.79 Å². The molecule has 19 heavy (non-hydrogen) atoms. The van der Waals surface area contributed by atoms with E-state index in [2.05, 4.69) is 6.58 Å². The van der Waals surface area contributed by atoms with Crippen LogP contribution in [0.2, 0.25) is 0 Å². The highest BCUT2D eigenvalue weighted by molar-refractivity contribution is 5.65. The van der Waals surface area contributed by atoms with E-state index in [1.165, 1.54) is 6.92 Å². The molecule has 5 atom stereocenters. The van der Waals surface area contributed by atoms with Crippen LogP contribution in [0.25, 0.3) is 0 Å². The number of esters is 1. The molecular formula is C13H21NO5. The van der Waals surface area contributed by atoms with E-state index in [0.29, 0.717) is 0 Å². The van der Waals surface area contributed by atoms with Gasteiger partial charge in [-0.25, -0.2) is 0 Å². The van der Waals surface area contributed by atoms with E-state index in [4.69, 9.17) is 24.7 Å². The largest absolute Gasteiger partial charge is 0.463 e. The first-order chi connectivity index (χ1) is 8.84. The molecule has 0 amide bonds. The van der Waals surface area contributed by atoms with Gasteiger partial charge in [0.2, 0.25) is 0 Å². The van der Waals surface area contributed by atoms with Crippen LogP contribution in [-0.4, -0.2) is 48.8 Å². The van der Waals surface area contributed by atoms with Crippen molar-refractivity contribution in [1.29, 1.82) is 0 Å². The fourth-order valence-electron chi connectivity index (χ4n) is 2.51. The Kier molecular flexibility index (Phi) is 3.96. The normalized spacial score (nSPS) is 40.5. The van der Waals surface area contributed by atoms with Crippen molar-refractivity contribution in [2.24, 2.45) is 5.73 Å². The third kappa shape index (κ3) is 2.97. The van der Waals surface area contributed by atoms with Crippen molar-refractivity contribution in [3.05, 3.63) is 12.7 Å². The van der Waals surface area contributed by atoms with Gasteiger partial charge in [0.1, 0.15) is 24.9 Å². The van der Waals surface area contributed by atoms with Crippen molar-refractivity contribution in [1.82, 2.24) is 0 Å². The van der Waals surface area contributed by atoms with Crippen LogP contribution < -0.4 is 5.73 Å². The van der Waals surface area contributed by atoms with Gasteiger partial charge >= 0.3 is 5.97 Å². The van der Waals surface area contributed by atoms with Gasteiger partial charge in [-0.2, -0.15) is 0 Å². The number of carbonyl (C=O) groups excluding carboxylic acids is 1. The lowest BCUT2D eigenvalue weighted by molar-refractivity contribution is -0.172. The maximum Gasteiger partial charge on any atom is 0.302 e. The van der Waals surface area contributed by atoms with Crippen LogP contribution in [-0.2, 0) is 23.7 Å². The highest BCUT2D eigenvalue weighted by Gasteiger charge is 2.53. The van der Waals surface area contributed by atoms with Crippen LogP contribution >= 0.6 is 0 Å². The Balaban J connectivity index is 2.14. The highest BCUT2D eigenvalue weighted by Crippen LogP contribution is 2.37. The lowest BCUT2D eigenvalue weighted by Crippen LogP contribution is -2.60. The van der Waals surface area contributed by atoms with Gasteiger partial charge in [-0.05, 0) is 13.8 Å². The summed E-state index contributed by atoms with van der Waals surface area (Å²) in [5, 5.41) is 0. The van der Waals surface area contributed by atoms with Gasteiger partial charge in [0.25, 0.3) is 0 Å². The molecule has 0 saturated carbocycles. The van der Waals surface area contributed by atoms with E-state index in [1.54, 1.807) is 6.08 Å². The Morgan fingerprint density at radius 3 is 2.63 bits per heavy atom. The third-order valence-corrected chi connectivity index (χ3v) is 3.30. The number of fused-ring (bicyclic) bond motifs is 1. The van der Waals surface area contributed by atoms with E-state index >= 15 is 0 Å². The molecule has 0 aromatic carbocycles. The molecule has 108 valence electrons. The summed E-state index contributed by atoms with van der Waals surface area (Å²) in [7, 11) is 0. The summed E-state index contributed by atoms with van der Waals surface area (Å²) in [6.45, 7) is 8.82. The number of rotatable bonds is 3. The second-order valence-electron chi connectivity index (χ2n) is 5.32. The number of carbonyl (C=O) groups is 1. The molecule has 0 radical (unpaired) electrons. The molecule has 0 spiro atoms. The minimum Gasteiger partial charge on any atom is -0.463 e. The fourth-order valence-corrected chi connectivity index (χ4v) is 2.51. The van der Waals surface area contributed by atoms with Crippen LogP contribution in [0.4, 0.5) is 0 Å². The Morgan fingerprint density at radius 2 is 2.05 bits per heavy atom. The van der Waals surface area contributed by atoms with Crippen LogP contribution in [0.3, 0.4) is 0 Å². The molecule has 2 N–H and O–H groups in total. The average molecular weight is 271 g/mol. The molecule has 2 rings (SSSR count). The third-order valence-electron chi connectivity index (χ3n) is 3.30. The zero-order valence-electron chi connectivity index (χ0n) is 11.5. The lowest BCUT2D eigenvalue weighted by Gasteiger charge is -2.39. The maximum atomic E-state index is 10.9. The number of hydrogen-bond donors (Lipinski definition) is 1. The molecule has 2 fully saturated rings. The topological polar surface area (TPSA) is 80.0 Å². The Labute approximate surface area is 112 Å². The van der Waals surface area contributed by atoms with Gasteiger partial charge < -0.3 is 24.7 Å². The van der Waals surface area contributed by atoms with Gasteiger partial charge in [0.05, 0.1) is 12.1 Å². The summed E-state index contributed by atoms with van der Waals surface area (Å²) in [4.78, 5) is 10.9. The van der Waals surface area contributed by atoms with Crippen LogP contribution in [0.15, 0.2) is 12.7 Å². The maximum absolute atomic E-state index is 10.9. The molecule has 0 bridgehead atoms. The van der Waals surface area contributed by atoms with E-state index in [1.807, 2.05) is 13.8 Å². The van der Waals surface area contributed by atoms with Gasteiger partial charge in [-0.3, -0.25) is 4.79 Å². The molecule has 0 aliphatic carbocycles. The van der Waals surface area contributed by atoms with Gasteiger partial charge in [0, 0.05) is 6.92 Å². The SMILES string of the molecule is C=C[C@H]1OC(COC(C)=O)[C@@H]2OC(C)(C)O[C@@H]2[C@H]1N. The molecule has 0 aromatic heterocycles. The summed E-state index contributed by atoms with van der Waals surface area (Å²) < 4.78 is 22.4. The summed E-state index contributed by atoms with van der Waals surface area (Å²) in [6, 6.07) is -0.349. The molecule has 2 saturated heterocycles. The first-order valence-corrected chi connectivity index (χ1v) is 6.36.